The Hall–Kier alpha value is -2.17. The van der Waals surface area contributed by atoms with Crippen LogP contribution >= 0.6 is 0 Å². The number of amides is 2. The number of nitrogens with one attached hydrogen (secondary N) is 1. The lowest BCUT2D eigenvalue weighted by atomic mass is 9.84. The normalized spacial score (nSPS) is 25.0. The Labute approximate surface area is 123 Å². The first-order chi connectivity index (χ1) is 9.86. The third-order valence-corrected chi connectivity index (χ3v) is 3.97. The van der Waals surface area contributed by atoms with Crippen LogP contribution in [0.2, 0.25) is 0 Å². The van der Waals surface area contributed by atoms with E-state index in [9.17, 15) is 9.59 Å². The summed E-state index contributed by atoms with van der Waals surface area (Å²) in [4.78, 5) is 27.4. The largest absolute Gasteiger partial charge is 0.459 e. The van der Waals surface area contributed by atoms with Gasteiger partial charge < -0.3 is 10.1 Å². The molecule has 1 aromatic carbocycles. The maximum Gasteiger partial charge on any atom is 0.341 e. The fraction of sp³-hybridized carbons (Fsp3) is 0.438. The molecule has 2 amide bonds. The van der Waals surface area contributed by atoms with Gasteiger partial charge in [-0.1, -0.05) is 45.0 Å². The molecule has 2 heterocycles. The summed E-state index contributed by atoms with van der Waals surface area (Å²) in [5.74, 6) is -0.818. The molecule has 2 unspecified atom stereocenters. The summed E-state index contributed by atoms with van der Waals surface area (Å²) in [5.41, 5.74) is 2.69. The molecule has 0 radical (unpaired) electrons. The lowest BCUT2D eigenvalue weighted by molar-refractivity contribution is -0.141. The molecule has 1 fully saturated rings. The molecule has 5 nitrogen and oxygen atoms in total. The van der Waals surface area contributed by atoms with Crippen LogP contribution in [0, 0.1) is 5.92 Å². The second kappa shape index (κ2) is 4.69. The lowest BCUT2D eigenvalue weighted by Crippen LogP contribution is -2.41. The standard InChI is InChI=1S/C16H18N2O3/c1-16(2,3)10-6-4-9(5-7-10)13-12-11(8-21-14(12)19)17-15(20)18-13/h4-7,12-13H,8H2,1-3H3,(H,18,20). The van der Waals surface area contributed by atoms with E-state index in [1.165, 1.54) is 5.56 Å². The molecule has 1 N–H and O–H groups in total. The van der Waals surface area contributed by atoms with Crippen LogP contribution < -0.4 is 5.32 Å². The van der Waals surface area contributed by atoms with Crippen molar-refractivity contribution in [1.29, 1.82) is 0 Å². The number of benzene rings is 1. The highest BCUT2D eigenvalue weighted by Crippen LogP contribution is 2.32. The van der Waals surface area contributed by atoms with E-state index in [0.717, 1.165) is 5.56 Å². The number of ether oxygens (including phenoxy) is 1. The van der Waals surface area contributed by atoms with E-state index < -0.39 is 18.0 Å². The first kappa shape index (κ1) is 13.8. The van der Waals surface area contributed by atoms with Gasteiger partial charge in [-0.05, 0) is 16.5 Å². The average Bonchev–Trinajstić information content (AvgIpc) is 2.78. The van der Waals surface area contributed by atoms with Gasteiger partial charge in [-0.2, -0.15) is 4.99 Å². The number of nitrogens with zero attached hydrogens (tertiary/aromatic N) is 1. The third kappa shape index (κ3) is 2.44. The summed E-state index contributed by atoms with van der Waals surface area (Å²) in [6.45, 7) is 6.55. The van der Waals surface area contributed by atoms with Crippen molar-refractivity contribution in [3.8, 4) is 0 Å². The number of urea groups is 1. The highest BCUT2D eigenvalue weighted by molar-refractivity contribution is 6.13. The van der Waals surface area contributed by atoms with Crippen LogP contribution in [0.25, 0.3) is 0 Å². The first-order valence-electron chi connectivity index (χ1n) is 7.01. The maximum absolute atomic E-state index is 11.9. The lowest BCUT2D eigenvalue weighted by Gasteiger charge is -2.26. The van der Waals surface area contributed by atoms with Crippen molar-refractivity contribution in [1.82, 2.24) is 5.32 Å². The minimum atomic E-state index is -0.497. The van der Waals surface area contributed by atoms with Gasteiger partial charge in [-0.15, -0.1) is 0 Å². The SMILES string of the molecule is CC(C)(C)c1ccc(C2NC(=O)N=C3COC(=O)C32)cc1. The van der Waals surface area contributed by atoms with Gasteiger partial charge in [0.1, 0.15) is 12.5 Å². The van der Waals surface area contributed by atoms with E-state index >= 15 is 0 Å². The fourth-order valence-corrected chi connectivity index (χ4v) is 2.74. The summed E-state index contributed by atoms with van der Waals surface area (Å²) >= 11 is 0. The minimum Gasteiger partial charge on any atom is -0.459 e. The average molecular weight is 286 g/mol. The number of hydrogen-bond acceptors (Lipinski definition) is 3. The fourth-order valence-electron chi connectivity index (χ4n) is 2.74. The van der Waals surface area contributed by atoms with Gasteiger partial charge >= 0.3 is 12.0 Å². The predicted molar refractivity (Wildman–Crippen MR) is 78.3 cm³/mol. The Balaban J connectivity index is 1.94. The van der Waals surface area contributed by atoms with E-state index in [2.05, 4.69) is 31.1 Å². The Morgan fingerprint density at radius 1 is 1.19 bits per heavy atom. The summed E-state index contributed by atoms with van der Waals surface area (Å²) in [6.07, 6.45) is 0. The van der Waals surface area contributed by atoms with Crippen molar-refractivity contribution in [2.24, 2.45) is 10.9 Å². The molecule has 2 aliphatic rings. The van der Waals surface area contributed by atoms with Crippen LogP contribution in [0.5, 0.6) is 0 Å². The molecule has 21 heavy (non-hydrogen) atoms. The Kier molecular flexibility index (Phi) is 3.08. The zero-order valence-electron chi connectivity index (χ0n) is 12.3. The van der Waals surface area contributed by atoms with E-state index in [-0.39, 0.29) is 18.0 Å². The number of fused-ring (bicyclic) bond motifs is 1. The van der Waals surface area contributed by atoms with Crippen LogP contribution in [0.1, 0.15) is 37.9 Å². The Morgan fingerprint density at radius 2 is 1.86 bits per heavy atom. The van der Waals surface area contributed by atoms with Gasteiger partial charge in [0.15, 0.2) is 0 Å². The van der Waals surface area contributed by atoms with Crippen molar-refractivity contribution in [3.05, 3.63) is 35.4 Å². The Morgan fingerprint density at radius 3 is 2.48 bits per heavy atom. The molecule has 5 heteroatoms. The van der Waals surface area contributed by atoms with Crippen LogP contribution in [-0.2, 0) is 14.9 Å². The number of cyclic esters (lactones) is 1. The molecule has 0 spiro atoms. The molecule has 2 aliphatic heterocycles. The summed E-state index contributed by atoms with van der Waals surface area (Å²) in [6, 6.07) is 7.18. The molecule has 0 saturated carbocycles. The molecule has 0 bridgehead atoms. The van der Waals surface area contributed by atoms with Crippen molar-refractivity contribution in [2.45, 2.75) is 32.2 Å². The molecule has 1 saturated heterocycles. The van der Waals surface area contributed by atoms with Crippen LogP contribution in [0.3, 0.4) is 0 Å². The van der Waals surface area contributed by atoms with Crippen LogP contribution in [0.15, 0.2) is 29.3 Å². The molecule has 110 valence electrons. The van der Waals surface area contributed by atoms with Gasteiger partial charge in [0, 0.05) is 0 Å². The summed E-state index contributed by atoms with van der Waals surface area (Å²) < 4.78 is 5.02. The van der Waals surface area contributed by atoms with Gasteiger partial charge in [-0.25, -0.2) is 4.79 Å². The van der Waals surface area contributed by atoms with Crippen molar-refractivity contribution in [3.63, 3.8) is 0 Å². The molecule has 2 atom stereocenters. The number of carbonyl (C=O) groups excluding carboxylic acids is 2. The number of hydrogen-bond donors (Lipinski definition) is 1. The van der Waals surface area contributed by atoms with Crippen molar-refractivity contribution < 1.29 is 14.3 Å². The molecule has 0 aromatic heterocycles. The highest BCUT2D eigenvalue weighted by atomic mass is 16.5. The molecular formula is C16H18N2O3. The van der Waals surface area contributed by atoms with Gasteiger partial charge in [-0.3, -0.25) is 4.79 Å². The summed E-state index contributed by atoms with van der Waals surface area (Å²) in [5, 5.41) is 2.77. The second-order valence-electron chi connectivity index (χ2n) is 6.49. The zero-order valence-corrected chi connectivity index (χ0v) is 12.3. The highest BCUT2D eigenvalue weighted by Gasteiger charge is 2.44. The van der Waals surface area contributed by atoms with Gasteiger partial charge in [0.2, 0.25) is 0 Å². The zero-order chi connectivity index (χ0) is 15.2. The Bertz CT molecular complexity index is 626. The quantitative estimate of drug-likeness (QED) is 0.806. The van der Waals surface area contributed by atoms with Crippen molar-refractivity contribution >= 4 is 17.7 Å². The van der Waals surface area contributed by atoms with E-state index in [1.807, 2.05) is 24.3 Å². The van der Waals surface area contributed by atoms with Crippen LogP contribution in [-0.4, -0.2) is 24.3 Å². The number of rotatable bonds is 1. The van der Waals surface area contributed by atoms with E-state index in [0.29, 0.717) is 5.71 Å². The first-order valence-corrected chi connectivity index (χ1v) is 7.01. The van der Waals surface area contributed by atoms with E-state index in [1.54, 1.807) is 0 Å². The van der Waals surface area contributed by atoms with Gasteiger partial charge in [0.25, 0.3) is 0 Å². The predicted octanol–water partition coefficient (Wildman–Crippen LogP) is 2.36. The topological polar surface area (TPSA) is 67.8 Å². The monoisotopic (exact) mass is 286 g/mol. The third-order valence-electron chi connectivity index (χ3n) is 3.97. The number of esters is 1. The number of carbonyl (C=O) groups is 2. The molecule has 1 aromatic rings. The molecule has 0 aliphatic carbocycles. The number of aliphatic imine (C=N–C) groups is 1. The van der Waals surface area contributed by atoms with E-state index in [4.69, 9.17) is 4.74 Å². The van der Waals surface area contributed by atoms with Gasteiger partial charge in [0.05, 0.1) is 11.8 Å². The van der Waals surface area contributed by atoms with Crippen molar-refractivity contribution in [2.75, 3.05) is 6.61 Å². The molecule has 3 rings (SSSR count). The summed E-state index contributed by atoms with van der Waals surface area (Å²) in [7, 11) is 0. The smallest absolute Gasteiger partial charge is 0.341 e. The second-order valence-corrected chi connectivity index (χ2v) is 6.49. The van der Waals surface area contributed by atoms with Crippen LogP contribution in [0.4, 0.5) is 4.79 Å². The molecular weight excluding hydrogens is 268 g/mol. The minimum absolute atomic E-state index is 0.0627. The maximum atomic E-state index is 11.9.